The summed E-state index contributed by atoms with van der Waals surface area (Å²) in [5.74, 6) is 0.705. The number of hydrogen-bond donors (Lipinski definition) is 2. The highest BCUT2D eigenvalue weighted by molar-refractivity contribution is 9.11. The molecule has 0 aromatic carbocycles. The molecule has 0 spiro atoms. The fourth-order valence-corrected chi connectivity index (χ4v) is 3.38. The minimum atomic E-state index is -0.00843. The molecule has 0 radical (unpaired) electrons. The summed E-state index contributed by atoms with van der Waals surface area (Å²) in [5.41, 5.74) is 0. The van der Waals surface area contributed by atoms with Crippen LogP contribution in [0, 0.1) is 0 Å². The van der Waals surface area contributed by atoms with Gasteiger partial charge in [-0.05, 0) is 41.9 Å². The smallest absolute Gasteiger partial charge is 0.261 e. The number of rotatable bonds is 3. The molecule has 1 aliphatic heterocycles. The van der Waals surface area contributed by atoms with Crippen LogP contribution in [0.25, 0.3) is 0 Å². The van der Waals surface area contributed by atoms with E-state index in [0.717, 1.165) is 29.7 Å². The van der Waals surface area contributed by atoms with Gasteiger partial charge in [-0.25, -0.2) is 0 Å². The summed E-state index contributed by atoms with van der Waals surface area (Å²) in [4.78, 5) is 12.7. The topological polar surface area (TPSA) is 50.4 Å². The maximum atomic E-state index is 12.0. The number of carbonyl (C=O) groups is 1. The van der Waals surface area contributed by atoms with Gasteiger partial charge in [0.25, 0.3) is 5.91 Å². The van der Waals surface area contributed by atoms with Gasteiger partial charge in [-0.3, -0.25) is 4.79 Å². The third-order valence-corrected chi connectivity index (χ3v) is 4.55. The normalized spacial score (nSPS) is 16.8. The van der Waals surface area contributed by atoms with Crippen LogP contribution in [-0.2, 0) is 0 Å². The number of thiophene rings is 1. The molecule has 0 unspecified atom stereocenters. The maximum Gasteiger partial charge on any atom is 0.261 e. The number of ether oxygens (including phenoxy) is 1. The van der Waals surface area contributed by atoms with Gasteiger partial charge in [-0.2, -0.15) is 0 Å². The van der Waals surface area contributed by atoms with Crippen LogP contribution in [0.15, 0.2) is 9.85 Å². The molecule has 0 aliphatic carbocycles. The van der Waals surface area contributed by atoms with Gasteiger partial charge >= 0.3 is 0 Å². The summed E-state index contributed by atoms with van der Waals surface area (Å²) in [6.07, 6.45) is 1.99. The predicted molar refractivity (Wildman–Crippen MR) is 71.9 cm³/mol. The molecule has 17 heavy (non-hydrogen) atoms. The molecule has 0 saturated carbocycles. The highest BCUT2D eigenvalue weighted by Gasteiger charge is 2.19. The van der Waals surface area contributed by atoms with Crippen LogP contribution in [0.4, 0.5) is 0 Å². The summed E-state index contributed by atoms with van der Waals surface area (Å²) >= 11 is 4.77. The first-order chi connectivity index (χ1) is 8.20. The van der Waals surface area contributed by atoms with E-state index in [2.05, 4.69) is 26.6 Å². The van der Waals surface area contributed by atoms with Gasteiger partial charge in [-0.15, -0.1) is 11.3 Å². The average Bonchev–Trinajstić information content (AvgIpc) is 2.72. The number of nitrogens with one attached hydrogen (secondary N) is 2. The Hall–Kier alpha value is -0.590. The van der Waals surface area contributed by atoms with E-state index < -0.39 is 0 Å². The molecule has 1 saturated heterocycles. The van der Waals surface area contributed by atoms with Gasteiger partial charge in [-0.1, -0.05) is 0 Å². The molecule has 4 nitrogen and oxygen atoms in total. The van der Waals surface area contributed by atoms with E-state index in [9.17, 15) is 4.79 Å². The molecular formula is C11H15BrN2O2S. The van der Waals surface area contributed by atoms with Gasteiger partial charge in [0, 0.05) is 12.1 Å². The fourth-order valence-electron chi connectivity index (χ4n) is 1.83. The summed E-state index contributed by atoms with van der Waals surface area (Å²) in [6, 6.07) is 2.06. The average molecular weight is 319 g/mol. The largest absolute Gasteiger partial charge is 0.495 e. The van der Waals surface area contributed by atoms with Gasteiger partial charge in [0.2, 0.25) is 0 Å². The lowest BCUT2D eigenvalue weighted by molar-refractivity contribution is 0.0933. The molecule has 1 fully saturated rings. The molecule has 0 bridgehead atoms. The molecule has 1 amide bonds. The number of piperidine rings is 1. The number of carbonyl (C=O) groups excluding carboxylic acids is 1. The van der Waals surface area contributed by atoms with Crippen molar-refractivity contribution in [3.8, 4) is 5.75 Å². The number of methoxy groups -OCH3 is 1. The quantitative estimate of drug-likeness (QED) is 0.896. The lowest BCUT2D eigenvalue weighted by Gasteiger charge is -2.23. The van der Waals surface area contributed by atoms with Crippen molar-refractivity contribution in [2.75, 3.05) is 20.2 Å². The van der Waals surface area contributed by atoms with Crippen LogP contribution in [0.2, 0.25) is 0 Å². The zero-order valence-electron chi connectivity index (χ0n) is 9.59. The fraction of sp³-hybridized carbons (Fsp3) is 0.545. The molecule has 2 rings (SSSR count). The van der Waals surface area contributed by atoms with Crippen molar-refractivity contribution >= 4 is 33.2 Å². The Morgan fingerprint density at radius 2 is 2.29 bits per heavy atom. The second kappa shape index (κ2) is 5.84. The van der Waals surface area contributed by atoms with E-state index in [1.165, 1.54) is 11.3 Å². The van der Waals surface area contributed by atoms with Gasteiger partial charge in [0.15, 0.2) is 0 Å². The number of amides is 1. The minimum absolute atomic E-state index is 0.00843. The van der Waals surface area contributed by atoms with E-state index in [0.29, 0.717) is 10.6 Å². The van der Waals surface area contributed by atoms with Crippen molar-refractivity contribution in [2.45, 2.75) is 18.9 Å². The van der Waals surface area contributed by atoms with Crippen molar-refractivity contribution in [1.82, 2.24) is 10.6 Å². The van der Waals surface area contributed by atoms with Crippen LogP contribution >= 0.6 is 27.3 Å². The Morgan fingerprint density at radius 3 is 2.88 bits per heavy atom. The van der Waals surface area contributed by atoms with E-state index in [-0.39, 0.29) is 11.9 Å². The number of halogens is 1. The van der Waals surface area contributed by atoms with Gasteiger partial charge in [0.1, 0.15) is 9.54 Å². The van der Waals surface area contributed by atoms with Crippen molar-refractivity contribution in [2.24, 2.45) is 0 Å². The predicted octanol–water partition coefficient (Wildman–Crippen LogP) is 2.00. The Balaban J connectivity index is 1.98. The van der Waals surface area contributed by atoms with Crippen LogP contribution in [0.1, 0.15) is 22.5 Å². The molecule has 1 aliphatic rings. The van der Waals surface area contributed by atoms with Gasteiger partial charge < -0.3 is 15.4 Å². The van der Waals surface area contributed by atoms with E-state index in [1.807, 2.05) is 0 Å². The lowest BCUT2D eigenvalue weighted by atomic mass is 10.1. The summed E-state index contributed by atoms with van der Waals surface area (Å²) in [7, 11) is 1.60. The lowest BCUT2D eigenvalue weighted by Crippen LogP contribution is -2.42. The first kappa shape index (κ1) is 12.9. The molecular weight excluding hydrogens is 304 g/mol. The van der Waals surface area contributed by atoms with E-state index in [4.69, 9.17) is 4.74 Å². The van der Waals surface area contributed by atoms with Crippen molar-refractivity contribution in [1.29, 1.82) is 0 Å². The van der Waals surface area contributed by atoms with Crippen molar-refractivity contribution in [3.63, 3.8) is 0 Å². The minimum Gasteiger partial charge on any atom is -0.495 e. The van der Waals surface area contributed by atoms with E-state index in [1.54, 1.807) is 13.2 Å². The zero-order valence-corrected chi connectivity index (χ0v) is 12.0. The standard InChI is InChI=1S/C11H15BrN2O2S/c1-16-8-6-9(17-10(8)12)11(15)14-7-2-4-13-5-3-7/h6-7,13H,2-5H2,1H3,(H,14,15). The Kier molecular flexibility index (Phi) is 4.42. The molecule has 1 aromatic rings. The third kappa shape index (κ3) is 3.20. The van der Waals surface area contributed by atoms with Crippen LogP contribution in [0.5, 0.6) is 5.75 Å². The Morgan fingerprint density at radius 1 is 1.59 bits per heavy atom. The molecule has 2 heterocycles. The van der Waals surface area contributed by atoms with Crippen LogP contribution < -0.4 is 15.4 Å². The summed E-state index contributed by atoms with van der Waals surface area (Å²) in [5, 5.41) is 6.33. The number of hydrogen-bond acceptors (Lipinski definition) is 4. The van der Waals surface area contributed by atoms with Crippen LogP contribution in [0.3, 0.4) is 0 Å². The highest BCUT2D eigenvalue weighted by Crippen LogP contribution is 2.34. The van der Waals surface area contributed by atoms with Gasteiger partial charge in [0.05, 0.1) is 12.0 Å². The Labute approximate surface area is 113 Å². The van der Waals surface area contributed by atoms with Crippen molar-refractivity contribution < 1.29 is 9.53 Å². The summed E-state index contributed by atoms with van der Waals surface area (Å²) < 4.78 is 6.00. The monoisotopic (exact) mass is 318 g/mol. The first-order valence-corrected chi connectivity index (χ1v) is 7.16. The molecule has 2 N–H and O–H groups in total. The summed E-state index contributed by atoms with van der Waals surface area (Å²) in [6.45, 7) is 1.95. The van der Waals surface area contributed by atoms with Crippen LogP contribution in [-0.4, -0.2) is 32.1 Å². The van der Waals surface area contributed by atoms with Crippen molar-refractivity contribution in [3.05, 3.63) is 14.7 Å². The highest BCUT2D eigenvalue weighted by atomic mass is 79.9. The second-order valence-corrected chi connectivity index (χ2v) is 6.32. The molecule has 94 valence electrons. The van der Waals surface area contributed by atoms with E-state index >= 15 is 0 Å². The maximum absolute atomic E-state index is 12.0. The third-order valence-electron chi connectivity index (χ3n) is 2.77. The SMILES string of the molecule is COc1cc(C(=O)NC2CCNCC2)sc1Br. The molecule has 1 aromatic heterocycles. The molecule has 6 heteroatoms. The first-order valence-electron chi connectivity index (χ1n) is 5.55. The second-order valence-electron chi connectivity index (χ2n) is 3.95. The Bertz CT molecular complexity index is 402. The zero-order chi connectivity index (χ0) is 12.3. The molecule has 0 atom stereocenters.